The molecule has 1 aromatic carbocycles. The maximum atomic E-state index is 11.1. The number of fused-ring (bicyclic) bond motifs is 1. The number of carboxylic acid groups (broad SMARTS) is 1. The molecule has 0 radical (unpaired) electrons. The van der Waals surface area contributed by atoms with Crippen molar-refractivity contribution in [1.82, 2.24) is 5.32 Å². The molecule has 1 fully saturated rings. The second kappa shape index (κ2) is 5.14. The Kier molecular flexibility index (Phi) is 3.47. The fourth-order valence-corrected chi connectivity index (χ4v) is 3.06. The van der Waals surface area contributed by atoms with Gasteiger partial charge in [0.1, 0.15) is 19.0 Å². The van der Waals surface area contributed by atoms with Crippen molar-refractivity contribution in [2.75, 3.05) is 19.8 Å². The molecule has 3 N–H and O–H groups in total. The van der Waals surface area contributed by atoms with Crippen LogP contribution in [0.3, 0.4) is 0 Å². The number of ether oxygens (including phenoxy) is 2. The van der Waals surface area contributed by atoms with E-state index < -0.39 is 11.9 Å². The van der Waals surface area contributed by atoms with Gasteiger partial charge in [-0.1, -0.05) is 0 Å². The summed E-state index contributed by atoms with van der Waals surface area (Å²) in [6, 6.07) is 1.40. The van der Waals surface area contributed by atoms with Crippen LogP contribution < -0.4 is 14.8 Å². The van der Waals surface area contributed by atoms with Crippen LogP contribution in [0.1, 0.15) is 18.0 Å². The van der Waals surface area contributed by atoms with Gasteiger partial charge in [-0.3, -0.25) is 4.79 Å². The van der Waals surface area contributed by atoms with Crippen molar-refractivity contribution in [3.05, 3.63) is 16.1 Å². The largest absolute Gasteiger partial charge is 0.506 e. The molecule has 20 heavy (non-hydrogen) atoms. The number of rotatable bonds is 2. The quantitative estimate of drug-likeness (QED) is 0.756. The Bertz CT molecular complexity index is 562. The average molecular weight is 344 g/mol. The summed E-state index contributed by atoms with van der Waals surface area (Å²) in [6.07, 6.45) is 0.412. The third-order valence-electron chi connectivity index (χ3n) is 3.62. The fourth-order valence-electron chi connectivity index (χ4n) is 2.64. The number of carboxylic acids is 1. The van der Waals surface area contributed by atoms with Crippen molar-refractivity contribution < 1.29 is 24.5 Å². The van der Waals surface area contributed by atoms with E-state index in [0.717, 1.165) is 0 Å². The number of hydrogen-bond acceptors (Lipinski definition) is 5. The molecular formula is C13H14BrNO5. The molecule has 0 aliphatic carbocycles. The van der Waals surface area contributed by atoms with Crippen molar-refractivity contribution in [2.45, 2.75) is 12.5 Å². The first-order chi connectivity index (χ1) is 9.58. The molecular weight excluding hydrogens is 330 g/mol. The molecule has 0 saturated carbocycles. The average Bonchev–Trinajstić information content (AvgIpc) is 2.90. The minimum atomic E-state index is -0.833. The van der Waals surface area contributed by atoms with Crippen molar-refractivity contribution in [3.8, 4) is 17.2 Å². The topological polar surface area (TPSA) is 88.0 Å². The van der Waals surface area contributed by atoms with E-state index in [9.17, 15) is 9.90 Å². The highest BCUT2D eigenvalue weighted by atomic mass is 79.9. The number of aromatic hydroxyl groups is 1. The lowest BCUT2D eigenvalue weighted by molar-refractivity contribution is -0.141. The Labute approximate surface area is 123 Å². The molecule has 0 spiro atoms. The summed E-state index contributed by atoms with van der Waals surface area (Å²) in [4.78, 5) is 11.1. The highest BCUT2D eigenvalue weighted by Gasteiger charge is 2.35. The molecule has 3 rings (SSSR count). The summed E-state index contributed by atoms with van der Waals surface area (Å²) >= 11 is 3.29. The highest BCUT2D eigenvalue weighted by Crippen LogP contribution is 2.48. The molecule has 2 atom stereocenters. The predicted octanol–water partition coefficient (Wildman–Crippen LogP) is 1.66. The second-order valence-corrected chi connectivity index (χ2v) is 5.73. The summed E-state index contributed by atoms with van der Waals surface area (Å²) < 4.78 is 11.6. The number of carbonyl (C=O) groups is 1. The van der Waals surface area contributed by atoms with Crippen LogP contribution in [0.4, 0.5) is 0 Å². The number of aliphatic carboxylic acids is 1. The lowest BCUT2D eigenvalue weighted by atomic mass is 9.98. The molecule has 108 valence electrons. The van der Waals surface area contributed by atoms with Gasteiger partial charge in [0.05, 0.1) is 16.0 Å². The number of benzene rings is 1. The Morgan fingerprint density at radius 3 is 2.85 bits per heavy atom. The van der Waals surface area contributed by atoms with E-state index in [2.05, 4.69) is 21.2 Å². The number of nitrogens with one attached hydrogen (secondary N) is 1. The molecule has 2 aliphatic heterocycles. The lowest BCUT2D eigenvalue weighted by Gasteiger charge is -2.25. The fraction of sp³-hybridized carbons (Fsp3) is 0.462. The van der Waals surface area contributed by atoms with Gasteiger partial charge >= 0.3 is 5.97 Å². The summed E-state index contributed by atoms with van der Waals surface area (Å²) in [7, 11) is 0. The van der Waals surface area contributed by atoms with E-state index in [1.165, 1.54) is 0 Å². The molecule has 0 bridgehead atoms. The van der Waals surface area contributed by atoms with Gasteiger partial charge in [0.15, 0.2) is 11.5 Å². The Morgan fingerprint density at radius 1 is 1.40 bits per heavy atom. The highest BCUT2D eigenvalue weighted by molar-refractivity contribution is 9.10. The molecule has 0 amide bonds. The minimum Gasteiger partial charge on any atom is -0.506 e. The zero-order chi connectivity index (χ0) is 14.3. The van der Waals surface area contributed by atoms with Gasteiger partial charge in [-0.05, 0) is 22.4 Å². The SMILES string of the molecule is O=C(O)C1CNC(c2c(O)c(Br)cc3c2OCCO3)C1. The third kappa shape index (κ3) is 2.20. The van der Waals surface area contributed by atoms with Crippen molar-refractivity contribution in [2.24, 2.45) is 5.92 Å². The predicted molar refractivity (Wildman–Crippen MR) is 73.3 cm³/mol. The van der Waals surface area contributed by atoms with Crippen LogP contribution >= 0.6 is 15.9 Å². The summed E-state index contributed by atoms with van der Waals surface area (Å²) in [5, 5.41) is 22.5. The van der Waals surface area contributed by atoms with Gasteiger partial charge in [0, 0.05) is 18.7 Å². The molecule has 2 heterocycles. The van der Waals surface area contributed by atoms with Gasteiger partial charge < -0.3 is 25.0 Å². The van der Waals surface area contributed by atoms with E-state index >= 15 is 0 Å². The first kappa shape index (κ1) is 13.5. The third-order valence-corrected chi connectivity index (χ3v) is 4.23. The van der Waals surface area contributed by atoms with Crippen LogP contribution in [0, 0.1) is 5.92 Å². The smallest absolute Gasteiger partial charge is 0.307 e. The maximum absolute atomic E-state index is 11.1. The van der Waals surface area contributed by atoms with E-state index in [1.807, 2.05) is 0 Å². The first-order valence-corrected chi connectivity index (χ1v) is 7.14. The normalized spacial score (nSPS) is 24.6. The Balaban J connectivity index is 2.00. The number of phenolic OH excluding ortho intramolecular Hbond substituents is 1. The zero-order valence-electron chi connectivity index (χ0n) is 10.6. The zero-order valence-corrected chi connectivity index (χ0v) is 12.1. The molecule has 0 aromatic heterocycles. The molecule has 1 aromatic rings. The van der Waals surface area contributed by atoms with Crippen LogP contribution in [0.25, 0.3) is 0 Å². The second-order valence-electron chi connectivity index (χ2n) is 4.88. The van der Waals surface area contributed by atoms with Crippen molar-refractivity contribution in [3.63, 3.8) is 0 Å². The molecule has 7 heteroatoms. The van der Waals surface area contributed by atoms with Gasteiger partial charge in [-0.25, -0.2) is 0 Å². The van der Waals surface area contributed by atoms with E-state index in [4.69, 9.17) is 14.6 Å². The van der Waals surface area contributed by atoms with Gasteiger partial charge in [0.2, 0.25) is 0 Å². The van der Waals surface area contributed by atoms with E-state index in [0.29, 0.717) is 47.7 Å². The maximum Gasteiger partial charge on any atom is 0.307 e. The van der Waals surface area contributed by atoms with Crippen LogP contribution in [-0.4, -0.2) is 35.9 Å². The Morgan fingerprint density at radius 2 is 2.15 bits per heavy atom. The molecule has 1 saturated heterocycles. The molecule has 2 aliphatic rings. The summed E-state index contributed by atoms with van der Waals surface area (Å²) in [5.74, 6) is -0.158. The van der Waals surface area contributed by atoms with Crippen molar-refractivity contribution in [1.29, 1.82) is 0 Å². The minimum absolute atomic E-state index is 0.0674. The Hall–Kier alpha value is -1.47. The van der Waals surface area contributed by atoms with Crippen LogP contribution in [0.15, 0.2) is 10.5 Å². The summed E-state index contributed by atoms with van der Waals surface area (Å²) in [6.45, 7) is 1.25. The summed E-state index contributed by atoms with van der Waals surface area (Å²) in [5.41, 5.74) is 0.567. The number of phenols is 1. The van der Waals surface area contributed by atoms with Gasteiger partial charge in [-0.2, -0.15) is 0 Å². The standard InChI is InChI=1S/C13H14BrNO5/c14-7-4-9-12(20-2-1-19-9)10(11(7)16)8-3-6(5-15-8)13(17)18/h4,6,8,15-16H,1-3,5H2,(H,17,18). The molecule has 6 nitrogen and oxygen atoms in total. The number of halogens is 1. The molecule has 2 unspecified atom stereocenters. The van der Waals surface area contributed by atoms with Gasteiger partial charge in [0.25, 0.3) is 0 Å². The number of hydrogen-bond donors (Lipinski definition) is 3. The van der Waals surface area contributed by atoms with Crippen molar-refractivity contribution >= 4 is 21.9 Å². The monoisotopic (exact) mass is 343 g/mol. The van der Waals surface area contributed by atoms with Crippen LogP contribution in [0.5, 0.6) is 17.2 Å². The van der Waals surface area contributed by atoms with E-state index in [-0.39, 0.29) is 11.8 Å². The van der Waals surface area contributed by atoms with Crippen LogP contribution in [-0.2, 0) is 4.79 Å². The van der Waals surface area contributed by atoms with E-state index in [1.54, 1.807) is 6.07 Å². The van der Waals surface area contributed by atoms with Gasteiger partial charge in [-0.15, -0.1) is 0 Å². The van der Waals surface area contributed by atoms with Crippen LogP contribution in [0.2, 0.25) is 0 Å². The lowest BCUT2D eigenvalue weighted by Crippen LogP contribution is -2.20. The first-order valence-electron chi connectivity index (χ1n) is 6.35.